The summed E-state index contributed by atoms with van der Waals surface area (Å²) in [7, 11) is 0. The predicted molar refractivity (Wildman–Crippen MR) is 86.1 cm³/mol. The molecule has 3 rings (SSSR count). The van der Waals surface area contributed by atoms with Crippen molar-refractivity contribution >= 4 is 11.9 Å². The van der Waals surface area contributed by atoms with Gasteiger partial charge in [-0.05, 0) is 24.5 Å². The van der Waals surface area contributed by atoms with Crippen LogP contribution in [-0.4, -0.2) is 53.5 Å². The number of hydrogen-bond acceptors (Lipinski definition) is 6. The Morgan fingerprint density at radius 1 is 1.24 bits per heavy atom. The van der Waals surface area contributed by atoms with Crippen molar-refractivity contribution in [3.8, 4) is 5.88 Å². The predicted octanol–water partition coefficient (Wildman–Crippen LogP) is 0.888. The molecule has 3 heterocycles. The summed E-state index contributed by atoms with van der Waals surface area (Å²) < 4.78 is 16.4. The zero-order valence-corrected chi connectivity index (χ0v) is 13.8. The fourth-order valence-corrected chi connectivity index (χ4v) is 2.90. The van der Waals surface area contributed by atoms with Crippen LogP contribution in [0.2, 0.25) is 0 Å². The van der Waals surface area contributed by atoms with Crippen molar-refractivity contribution < 1.29 is 28.9 Å². The first-order chi connectivity index (χ1) is 12.1. The van der Waals surface area contributed by atoms with E-state index >= 15 is 0 Å². The van der Waals surface area contributed by atoms with E-state index in [1.807, 2.05) is 0 Å². The second-order valence-electron chi connectivity index (χ2n) is 6.18. The molecule has 0 aliphatic carbocycles. The number of nitrogens with zero attached hydrogens (tertiary/aromatic N) is 1. The highest BCUT2D eigenvalue weighted by atomic mass is 16.5. The summed E-state index contributed by atoms with van der Waals surface area (Å²) >= 11 is 0. The van der Waals surface area contributed by atoms with E-state index in [4.69, 9.17) is 19.3 Å². The van der Waals surface area contributed by atoms with Crippen molar-refractivity contribution in [2.24, 2.45) is 0 Å². The number of carboxylic acids is 1. The number of ether oxygens (including phenoxy) is 3. The summed E-state index contributed by atoms with van der Waals surface area (Å²) in [6.45, 7) is 1.70. The van der Waals surface area contributed by atoms with Crippen LogP contribution >= 0.6 is 0 Å². The molecule has 0 spiro atoms. The van der Waals surface area contributed by atoms with E-state index in [0.29, 0.717) is 38.5 Å². The maximum atomic E-state index is 12.1. The molecule has 1 amide bonds. The summed E-state index contributed by atoms with van der Waals surface area (Å²) in [5, 5.41) is 11.7. The lowest BCUT2D eigenvalue weighted by atomic mass is 10.1. The Hall–Kier alpha value is -2.19. The molecule has 0 unspecified atom stereocenters. The van der Waals surface area contributed by atoms with Gasteiger partial charge < -0.3 is 24.6 Å². The smallest absolute Gasteiger partial charge is 0.332 e. The van der Waals surface area contributed by atoms with Gasteiger partial charge in [-0.3, -0.25) is 4.79 Å². The minimum atomic E-state index is -1.03. The van der Waals surface area contributed by atoms with Crippen molar-refractivity contribution in [1.29, 1.82) is 0 Å². The fraction of sp³-hybridized carbons (Fsp3) is 0.588. The van der Waals surface area contributed by atoms with Gasteiger partial charge in [-0.1, -0.05) is 0 Å². The first-order valence-corrected chi connectivity index (χ1v) is 8.47. The molecule has 2 aliphatic rings. The van der Waals surface area contributed by atoms with Crippen molar-refractivity contribution in [2.45, 2.75) is 50.5 Å². The lowest BCUT2D eigenvalue weighted by Crippen LogP contribution is -2.35. The first kappa shape index (κ1) is 17.6. The molecule has 2 aliphatic heterocycles. The Morgan fingerprint density at radius 2 is 2.00 bits per heavy atom. The first-order valence-electron chi connectivity index (χ1n) is 8.47. The maximum Gasteiger partial charge on any atom is 0.332 e. The highest BCUT2D eigenvalue weighted by molar-refractivity contribution is 5.82. The maximum absolute atomic E-state index is 12.1. The molecule has 2 atom stereocenters. The zero-order chi connectivity index (χ0) is 17.6. The third-order valence-electron chi connectivity index (χ3n) is 4.31. The van der Waals surface area contributed by atoms with Crippen molar-refractivity contribution in [3.05, 3.63) is 23.9 Å². The van der Waals surface area contributed by atoms with E-state index in [0.717, 1.165) is 18.4 Å². The molecule has 0 saturated carbocycles. The normalized spacial score (nSPS) is 24.0. The van der Waals surface area contributed by atoms with Gasteiger partial charge in [-0.15, -0.1) is 0 Å². The second kappa shape index (κ2) is 8.26. The van der Waals surface area contributed by atoms with Gasteiger partial charge >= 0.3 is 5.97 Å². The van der Waals surface area contributed by atoms with Gasteiger partial charge in [-0.25, -0.2) is 9.78 Å². The highest BCUT2D eigenvalue weighted by Gasteiger charge is 2.34. The van der Waals surface area contributed by atoms with Crippen molar-refractivity contribution in [2.75, 3.05) is 13.2 Å². The summed E-state index contributed by atoms with van der Waals surface area (Å²) in [6, 6.07) is 3.60. The molecule has 0 aromatic carbocycles. The number of carboxylic acid groups (broad SMARTS) is 1. The molecule has 8 heteroatoms. The molecular formula is C17H22N2O6. The van der Waals surface area contributed by atoms with Crippen molar-refractivity contribution in [3.63, 3.8) is 0 Å². The van der Waals surface area contributed by atoms with E-state index < -0.39 is 18.2 Å². The summed E-state index contributed by atoms with van der Waals surface area (Å²) in [6.07, 6.45) is 2.59. The van der Waals surface area contributed by atoms with Crippen LogP contribution in [0.25, 0.3) is 0 Å². The Bertz CT molecular complexity index is 617. The van der Waals surface area contributed by atoms with Crippen LogP contribution in [0.5, 0.6) is 5.88 Å². The van der Waals surface area contributed by atoms with Crippen LogP contribution in [0.4, 0.5) is 0 Å². The molecule has 1 aromatic heterocycles. The van der Waals surface area contributed by atoms with Crippen LogP contribution in [0.15, 0.2) is 18.3 Å². The van der Waals surface area contributed by atoms with Crippen LogP contribution < -0.4 is 10.1 Å². The van der Waals surface area contributed by atoms with Gasteiger partial charge in [0.15, 0.2) is 6.10 Å². The van der Waals surface area contributed by atoms with Gasteiger partial charge in [0.1, 0.15) is 12.2 Å². The number of pyridine rings is 1. The summed E-state index contributed by atoms with van der Waals surface area (Å²) in [5.41, 5.74) is 0.859. The Balaban J connectivity index is 1.48. The molecule has 2 saturated heterocycles. The number of carbonyl (C=O) groups is 2. The number of rotatable bonds is 6. The van der Waals surface area contributed by atoms with Gasteiger partial charge in [0.2, 0.25) is 11.8 Å². The minimum absolute atomic E-state index is 0.103. The second-order valence-corrected chi connectivity index (χ2v) is 6.18. The zero-order valence-electron chi connectivity index (χ0n) is 13.8. The van der Waals surface area contributed by atoms with E-state index in [1.165, 1.54) is 0 Å². The molecule has 25 heavy (non-hydrogen) atoms. The number of hydrogen-bond donors (Lipinski definition) is 2. The molecule has 2 fully saturated rings. The molecule has 8 nitrogen and oxygen atoms in total. The van der Waals surface area contributed by atoms with Crippen LogP contribution in [-0.2, 0) is 25.6 Å². The lowest BCUT2D eigenvalue weighted by Gasteiger charge is -2.22. The van der Waals surface area contributed by atoms with E-state index in [-0.39, 0.29) is 12.0 Å². The third kappa shape index (κ3) is 4.90. The Morgan fingerprint density at radius 3 is 2.72 bits per heavy atom. The minimum Gasteiger partial charge on any atom is -0.479 e. The summed E-state index contributed by atoms with van der Waals surface area (Å²) in [5.74, 6) is -0.798. The standard InChI is InChI=1S/C17H22N2O6/c20-16(13-1-2-14(25-13)17(21)22)19-10-11-3-6-18-15(9-11)24-12-4-7-23-8-5-12/h3,6,9,12-14H,1-2,4-5,7-8,10H2,(H,19,20)(H,21,22)/t13-,14+/m0/s1. The number of aliphatic carboxylic acids is 1. The molecule has 0 bridgehead atoms. The van der Waals surface area contributed by atoms with Crippen LogP contribution in [0.1, 0.15) is 31.2 Å². The number of nitrogens with one attached hydrogen (secondary N) is 1. The van der Waals surface area contributed by atoms with Crippen molar-refractivity contribution in [1.82, 2.24) is 10.3 Å². The monoisotopic (exact) mass is 350 g/mol. The van der Waals surface area contributed by atoms with Gasteiger partial charge in [0, 0.05) is 31.6 Å². The molecule has 0 radical (unpaired) electrons. The van der Waals surface area contributed by atoms with Crippen LogP contribution in [0.3, 0.4) is 0 Å². The van der Waals surface area contributed by atoms with Gasteiger partial charge in [0.25, 0.3) is 0 Å². The number of aromatic nitrogens is 1. The Labute approximate surface area is 145 Å². The fourth-order valence-electron chi connectivity index (χ4n) is 2.90. The largest absolute Gasteiger partial charge is 0.479 e. The lowest BCUT2D eigenvalue weighted by molar-refractivity contribution is -0.151. The number of carbonyl (C=O) groups excluding carboxylic acids is 1. The molecular weight excluding hydrogens is 328 g/mol. The topological polar surface area (TPSA) is 107 Å². The van der Waals surface area contributed by atoms with E-state index in [9.17, 15) is 9.59 Å². The average Bonchev–Trinajstić information content (AvgIpc) is 3.11. The number of amides is 1. The highest BCUT2D eigenvalue weighted by Crippen LogP contribution is 2.20. The quantitative estimate of drug-likeness (QED) is 0.784. The third-order valence-corrected chi connectivity index (χ3v) is 4.31. The molecule has 136 valence electrons. The van der Waals surface area contributed by atoms with Crippen LogP contribution in [0, 0.1) is 0 Å². The molecule has 1 aromatic rings. The van der Waals surface area contributed by atoms with E-state index in [2.05, 4.69) is 10.3 Å². The SMILES string of the molecule is O=C(NCc1ccnc(OC2CCOCC2)c1)[C@@H]1CC[C@H](C(=O)O)O1. The Kier molecular flexibility index (Phi) is 5.83. The molecule has 2 N–H and O–H groups in total. The van der Waals surface area contributed by atoms with E-state index in [1.54, 1.807) is 18.3 Å². The summed E-state index contributed by atoms with van der Waals surface area (Å²) in [4.78, 5) is 27.2. The average molecular weight is 350 g/mol. The van der Waals surface area contributed by atoms with Gasteiger partial charge in [0.05, 0.1) is 13.2 Å². The van der Waals surface area contributed by atoms with Gasteiger partial charge in [-0.2, -0.15) is 0 Å².